The van der Waals surface area contributed by atoms with Crippen molar-refractivity contribution in [3.63, 3.8) is 0 Å². The molecule has 2 heterocycles. The van der Waals surface area contributed by atoms with E-state index in [9.17, 15) is 9.59 Å². The van der Waals surface area contributed by atoms with E-state index in [0.29, 0.717) is 23.9 Å². The molecule has 2 fully saturated rings. The summed E-state index contributed by atoms with van der Waals surface area (Å²) in [5.41, 5.74) is 0.563. The second-order valence-corrected chi connectivity index (χ2v) is 7.92. The first-order valence-electron chi connectivity index (χ1n) is 9.48. The van der Waals surface area contributed by atoms with Crippen LogP contribution in [0, 0.1) is 0 Å². The maximum Gasteiger partial charge on any atom is 0.289 e. The van der Waals surface area contributed by atoms with Gasteiger partial charge in [0.2, 0.25) is 5.91 Å². The Hall–Kier alpha value is -2.27. The Morgan fingerprint density at radius 2 is 1.93 bits per heavy atom. The van der Waals surface area contributed by atoms with E-state index in [1.807, 2.05) is 24.3 Å². The van der Waals surface area contributed by atoms with Crippen molar-refractivity contribution < 1.29 is 14.0 Å². The van der Waals surface area contributed by atoms with Gasteiger partial charge in [-0.25, -0.2) is 0 Å². The minimum Gasteiger partial charge on any atom is -0.459 e. The SMILES string of the molecule is O=C(c1ccco1)N1CCCC(NC(=O)C2(c3ccc(Cl)cc3)CCC2)C1. The Balaban J connectivity index is 1.44. The molecule has 4 rings (SSSR count). The van der Waals surface area contributed by atoms with Gasteiger partial charge in [0.15, 0.2) is 5.76 Å². The highest BCUT2D eigenvalue weighted by molar-refractivity contribution is 6.30. The molecule has 0 bridgehead atoms. The van der Waals surface area contributed by atoms with Crippen LogP contribution in [0.2, 0.25) is 5.02 Å². The summed E-state index contributed by atoms with van der Waals surface area (Å²) < 4.78 is 5.22. The Morgan fingerprint density at radius 1 is 1.15 bits per heavy atom. The predicted molar refractivity (Wildman–Crippen MR) is 103 cm³/mol. The molecule has 1 aliphatic heterocycles. The van der Waals surface area contributed by atoms with Crippen LogP contribution in [-0.2, 0) is 10.2 Å². The number of hydrogen-bond donors (Lipinski definition) is 1. The number of likely N-dealkylation sites (tertiary alicyclic amines) is 1. The standard InChI is InChI=1S/C21H23ClN2O3/c22-16-8-6-15(7-9-16)21(10-3-11-21)20(26)23-17-4-1-12-24(14-17)19(25)18-5-2-13-27-18/h2,5-9,13,17H,1,3-4,10-12,14H2,(H,23,26). The molecule has 1 saturated carbocycles. The second kappa shape index (κ2) is 7.39. The number of nitrogens with zero attached hydrogens (tertiary/aromatic N) is 1. The molecule has 1 aromatic heterocycles. The van der Waals surface area contributed by atoms with Crippen LogP contribution in [0.25, 0.3) is 0 Å². The number of amides is 2. The normalized spacial score (nSPS) is 21.4. The van der Waals surface area contributed by atoms with Crippen LogP contribution in [0.4, 0.5) is 0 Å². The molecule has 5 nitrogen and oxygen atoms in total. The van der Waals surface area contributed by atoms with Gasteiger partial charge in [0.05, 0.1) is 11.7 Å². The summed E-state index contributed by atoms with van der Waals surface area (Å²) >= 11 is 6.00. The van der Waals surface area contributed by atoms with Crippen LogP contribution in [0.1, 0.15) is 48.2 Å². The van der Waals surface area contributed by atoms with Crippen LogP contribution in [0.5, 0.6) is 0 Å². The van der Waals surface area contributed by atoms with Crippen molar-refractivity contribution >= 4 is 23.4 Å². The maximum absolute atomic E-state index is 13.1. The zero-order valence-electron chi connectivity index (χ0n) is 15.1. The summed E-state index contributed by atoms with van der Waals surface area (Å²) in [6.45, 7) is 1.20. The number of rotatable bonds is 4. The Morgan fingerprint density at radius 3 is 2.56 bits per heavy atom. The fourth-order valence-electron chi connectivity index (χ4n) is 4.11. The Labute approximate surface area is 163 Å². The molecule has 2 aliphatic rings. The molecular weight excluding hydrogens is 364 g/mol. The lowest BCUT2D eigenvalue weighted by Gasteiger charge is -2.42. The molecule has 1 aliphatic carbocycles. The van der Waals surface area contributed by atoms with Gasteiger partial charge < -0.3 is 14.6 Å². The van der Waals surface area contributed by atoms with E-state index in [1.165, 1.54) is 6.26 Å². The predicted octanol–water partition coefficient (Wildman–Crippen LogP) is 3.78. The largest absolute Gasteiger partial charge is 0.459 e. The molecule has 142 valence electrons. The topological polar surface area (TPSA) is 62.6 Å². The van der Waals surface area contributed by atoms with Gasteiger partial charge in [0.1, 0.15) is 0 Å². The van der Waals surface area contributed by atoms with Crippen molar-refractivity contribution in [2.24, 2.45) is 0 Å². The minimum atomic E-state index is -0.460. The van der Waals surface area contributed by atoms with Gasteiger partial charge in [0, 0.05) is 24.2 Å². The van der Waals surface area contributed by atoms with E-state index in [0.717, 1.165) is 37.7 Å². The van der Waals surface area contributed by atoms with Gasteiger partial charge >= 0.3 is 0 Å². The molecule has 1 aromatic carbocycles. The highest BCUT2D eigenvalue weighted by Crippen LogP contribution is 2.44. The zero-order valence-corrected chi connectivity index (χ0v) is 15.9. The van der Waals surface area contributed by atoms with Gasteiger partial charge in [0.25, 0.3) is 5.91 Å². The van der Waals surface area contributed by atoms with Gasteiger partial charge in [-0.2, -0.15) is 0 Å². The number of carbonyl (C=O) groups is 2. The highest BCUT2D eigenvalue weighted by Gasteiger charge is 2.46. The van der Waals surface area contributed by atoms with Crippen molar-refractivity contribution in [3.8, 4) is 0 Å². The summed E-state index contributed by atoms with van der Waals surface area (Å²) in [6.07, 6.45) is 5.99. The molecule has 2 amide bonds. The smallest absolute Gasteiger partial charge is 0.289 e. The third-order valence-electron chi connectivity index (χ3n) is 5.81. The van der Waals surface area contributed by atoms with E-state index in [-0.39, 0.29) is 17.9 Å². The average Bonchev–Trinajstić information content (AvgIpc) is 3.16. The molecule has 0 spiro atoms. The number of halogens is 1. The van der Waals surface area contributed by atoms with E-state index in [2.05, 4.69) is 5.32 Å². The highest BCUT2D eigenvalue weighted by atomic mass is 35.5. The van der Waals surface area contributed by atoms with E-state index in [1.54, 1.807) is 17.0 Å². The first kappa shape index (κ1) is 18.1. The Kier molecular flexibility index (Phi) is 4.96. The average molecular weight is 387 g/mol. The Bertz CT molecular complexity index is 812. The monoisotopic (exact) mass is 386 g/mol. The fourth-order valence-corrected chi connectivity index (χ4v) is 4.23. The second-order valence-electron chi connectivity index (χ2n) is 7.48. The first-order valence-corrected chi connectivity index (χ1v) is 9.86. The van der Waals surface area contributed by atoms with Gasteiger partial charge in [-0.15, -0.1) is 0 Å². The van der Waals surface area contributed by atoms with E-state index in [4.69, 9.17) is 16.0 Å². The van der Waals surface area contributed by atoms with Crippen molar-refractivity contribution in [3.05, 3.63) is 59.0 Å². The van der Waals surface area contributed by atoms with Gasteiger partial charge in [-0.05, 0) is 55.5 Å². The number of furan rings is 1. The number of piperidine rings is 1. The van der Waals surface area contributed by atoms with Crippen molar-refractivity contribution in [2.75, 3.05) is 13.1 Å². The summed E-state index contributed by atoms with van der Waals surface area (Å²) in [5, 5.41) is 3.88. The molecule has 1 atom stereocenters. The van der Waals surface area contributed by atoms with E-state index < -0.39 is 5.41 Å². The van der Waals surface area contributed by atoms with Crippen molar-refractivity contribution in [1.29, 1.82) is 0 Å². The van der Waals surface area contributed by atoms with Gasteiger partial charge in [-0.3, -0.25) is 9.59 Å². The molecule has 1 saturated heterocycles. The maximum atomic E-state index is 13.1. The summed E-state index contributed by atoms with van der Waals surface area (Å²) in [4.78, 5) is 27.4. The lowest BCUT2D eigenvalue weighted by molar-refractivity contribution is -0.131. The lowest BCUT2D eigenvalue weighted by atomic mass is 9.63. The summed E-state index contributed by atoms with van der Waals surface area (Å²) in [7, 11) is 0. The molecule has 6 heteroatoms. The summed E-state index contributed by atoms with van der Waals surface area (Å²) in [5.74, 6) is 0.294. The molecule has 2 aromatic rings. The van der Waals surface area contributed by atoms with Crippen LogP contribution >= 0.6 is 11.6 Å². The first-order chi connectivity index (χ1) is 13.1. The van der Waals surface area contributed by atoms with Crippen LogP contribution in [0.15, 0.2) is 47.1 Å². The third-order valence-corrected chi connectivity index (χ3v) is 6.07. The minimum absolute atomic E-state index is 0.0325. The molecular formula is C21H23ClN2O3. The third kappa shape index (κ3) is 3.48. The fraction of sp³-hybridized carbons (Fsp3) is 0.429. The number of carbonyl (C=O) groups excluding carboxylic acids is 2. The van der Waals surface area contributed by atoms with Crippen LogP contribution in [0.3, 0.4) is 0 Å². The van der Waals surface area contributed by atoms with Crippen LogP contribution in [-0.4, -0.2) is 35.8 Å². The number of benzene rings is 1. The molecule has 0 radical (unpaired) electrons. The molecule has 1 unspecified atom stereocenters. The van der Waals surface area contributed by atoms with Crippen LogP contribution < -0.4 is 5.32 Å². The molecule has 27 heavy (non-hydrogen) atoms. The zero-order chi connectivity index (χ0) is 18.9. The van der Waals surface area contributed by atoms with E-state index >= 15 is 0 Å². The molecule has 1 N–H and O–H groups in total. The lowest BCUT2D eigenvalue weighted by Crippen LogP contribution is -2.56. The summed E-state index contributed by atoms with van der Waals surface area (Å²) in [6, 6.07) is 10.9. The van der Waals surface area contributed by atoms with Crippen molar-refractivity contribution in [1.82, 2.24) is 10.2 Å². The quantitative estimate of drug-likeness (QED) is 0.869. The number of nitrogens with one attached hydrogen (secondary N) is 1. The number of hydrogen-bond acceptors (Lipinski definition) is 3. The van der Waals surface area contributed by atoms with Gasteiger partial charge in [-0.1, -0.05) is 30.2 Å². The van der Waals surface area contributed by atoms with Crippen molar-refractivity contribution in [2.45, 2.75) is 43.6 Å².